The van der Waals surface area contributed by atoms with Gasteiger partial charge in [-0.3, -0.25) is 14.4 Å². The SMILES string of the molecule is CC(C)N1CCn2nnc(CNC(=O)c3cccn(C)c3=O)c2C1=O. The number of carbonyl (C=O) groups excluding carboxylic acids is 2. The van der Waals surface area contributed by atoms with E-state index in [1.165, 1.54) is 10.6 Å². The van der Waals surface area contributed by atoms with E-state index in [1.54, 1.807) is 28.9 Å². The molecule has 3 heterocycles. The highest BCUT2D eigenvalue weighted by Gasteiger charge is 2.31. The van der Waals surface area contributed by atoms with E-state index in [9.17, 15) is 14.4 Å². The number of carbonyl (C=O) groups is 2. The molecular formula is C16H20N6O3. The number of rotatable bonds is 4. The highest BCUT2D eigenvalue weighted by atomic mass is 16.2. The number of amides is 2. The van der Waals surface area contributed by atoms with Crippen molar-refractivity contribution >= 4 is 11.8 Å². The summed E-state index contributed by atoms with van der Waals surface area (Å²) >= 11 is 0. The van der Waals surface area contributed by atoms with E-state index in [0.29, 0.717) is 24.5 Å². The molecule has 0 radical (unpaired) electrons. The highest BCUT2D eigenvalue weighted by molar-refractivity contribution is 5.95. The highest BCUT2D eigenvalue weighted by Crippen LogP contribution is 2.16. The molecule has 132 valence electrons. The molecule has 1 N–H and O–H groups in total. The number of pyridine rings is 1. The molecule has 0 bridgehead atoms. The Kier molecular flexibility index (Phi) is 4.39. The Balaban J connectivity index is 1.78. The van der Waals surface area contributed by atoms with Crippen LogP contribution >= 0.6 is 0 Å². The predicted octanol–water partition coefficient (Wildman–Crippen LogP) is -0.229. The molecule has 9 nitrogen and oxygen atoms in total. The topological polar surface area (TPSA) is 102 Å². The second-order valence-electron chi connectivity index (χ2n) is 6.22. The average molecular weight is 344 g/mol. The standard InChI is InChI=1S/C16H20N6O3/c1-10(2)21-7-8-22-13(16(21)25)12(18-19-22)9-17-14(23)11-5-4-6-20(3)15(11)24/h4-6,10H,7-9H2,1-3H3,(H,17,23). The van der Waals surface area contributed by atoms with Crippen LogP contribution < -0.4 is 10.9 Å². The zero-order valence-corrected chi connectivity index (χ0v) is 14.4. The first-order chi connectivity index (χ1) is 11.9. The molecule has 2 amide bonds. The van der Waals surface area contributed by atoms with E-state index in [1.807, 2.05) is 13.8 Å². The monoisotopic (exact) mass is 344 g/mol. The molecule has 0 fully saturated rings. The summed E-state index contributed by atoms with van der Waals surface area (Å²) in [5, 5.41) is 10.6. The van der Waals surface area contributed by atoms with E-state index in [4.69, 9.17) is 0 Å². The van der Waals surface area contributed by atoms with Gasteiger partial charge in [-0.1, -0.05) is 5.21 Å². The van der Waals surface area contributed by atoms with Gasteiger partial charge in [0, 0.05) is 25.8 Å². The van der Waals surface area contributed by atoms with Gasteiger partial charge in [-0.2, -0.15) is 0 Å². The Hall–Kier alpha value is -2.97. The lowest BCUT2D eigenvalue weighted by atomic mass is 10.2. The molecule has 0 saturated carbocycles. The molecule has 1 aliphatic rings. The van der Waals surface area contributed by atoms with Gasteiger partial charge in [0.1, 0.15) is 11.3 Å². The summed E-state index contributed by atoms with van der Waals surface area (Å²) < 4.78 is 2.89. The van der Waals surface area contributed by atoms with E-state index >= 15 is 0 Å². The van der Waals surface area contributed by atoms with Gasteiger partial charge in [0.2, 0.25) is 0 Å². The number of hydrogen-bond acceptors (Lipinski definition) is 5. The van der Waals surface area contributed by atoms with Gasteiger partial charge in [-0.15, -0.1) is 5.10 Å². The zero-order valence-electron chi connectivity index (χ0n) is 14.4. The van der Waals surface area contributed by atoms with Gasteiger partial charge in [0.25, 0.3) is 17.4 Å². The van der Waals surface area contributed by atoms with E-state index in [-0.39, 0.29) is 29.6 Å². The molecule has 1 aliphatic heterocycles. The van der Waals surface area contributed by atoms with Crippen molar-refractivity contribution in [2.75, 3.05) is 6.54 Å². The fourth-order valence-electron chi connectivity index (χ4n) is 2.82. The lowest BCUT2D eigenvalue weighted by Gasteiger charge is -2.30. The third-order valence-electron chi connectivity index (χ3n) is 4.23. The summed E-state index contributed by atoms with van der Waals surface area (Å²) in [6.07, 6.45) is 1.58. The first-order valence-electron chi connectivity index (χ1n) is 8.07. The summed E-state index contributed by atoms with van der Waals surface area (Å²) in [5.41, 5.74) is 0.450. The Morgan fingerprint density at radius 2 is 2.08 bits per heavy atom. The van der Waals surface area contributed by atoms with Gasteiger partial charge < -0.3 is 14.8 Å². The summed E-state index contributed by atoms with van der Waals surface area (Å²) in [4.78, 5) is 38.6. The average Bonchev–Trinajstić information content (AvgIpc) is 2.99. The van der Waals surface area contributed by atoms with Crippen LogP contribution in [0.25, 0.3) is 0 Å². The van der Waals surface area contributed by atoms with Crippen LogP contribution in [-0.2, 0) is 20.1 Å². The first kappa shape index (κ1) is 16.9. The summed E-state index contributed by atoms with van der Waals surface area (Å²) in [7, 11) is 1.58. The fourth-order valence-corrected chi connectivity index (χ4v) is 2.82. The Bertz CT molecular complexity index is 882. The van der Waals surface area contributed by atoms with E-state index in [0.717, 1.165) is 0 Å². The number of hydrogen-bond donors (Lipinski definition) is 1. The number of aryl methyl sites for hydroxylation is 1. The van der Waals surface area contributed by atoms with Gasteiger partial charge in [0.05, 0.1) is 13.1 Å². The first-order valence-corrected chi connectivity index (χ1v) is 8.07. The summed E-state index contributed by atoms with van der Waals surface area (Å²) in [6, 6.07) is 3.16. The quantitative estimate of drug-likeness (QED) is 0.825. The van der Waals surface area contributed by atoms with Crippen molar-refractivity contribution in [3.63, 3.8) is 0 Å². The zero-order chi connectivity index (χ0) is 18.1. The molecule has 0 saturated heterocycles. The van der Waals surface area contributed by atoms with E-state index in [2.05, 4.69) is 15.6 Å². The molecule has 0 aliphatic carbocycles. The summed E-state index contributed by atoms with van der Waals surface area (Å²) in [6.45, 7) is 5.08. The molecule has 2 aromatic rings. The van der Waals surface area contributed by atoms with Crippen LogP contribution in [-0.4, -0.2) is 48.9 Å². The summed E-state index contributed by atoms with van der Waals surface area (Å²) in [5.74, 6) is -0.655. The molecule has 9 heteroatoms. The normalized spacial score (nSPS) is 13.9. The van der Waals surface area contributed by atoms with Crippen LogP contribution in [0.5, 0.6) is 0 Å². The molecule has 25 heavy (non-hydrogen) atoms. The van der Waals surface area contributed by atoms with Crippen LogP contribution in [0.3, 0.4) is 0 Å². The van der Waals surface area contributed by atoms with Gasteiger partial charge in [-0.05, 0) is 26.0 Å². The lowest BCUT2D eigenvalue weighted by Crippen LogP contribution is -2.45. The third-order valence-corrected chi connectivity index (χ3v) is 4.23. The van der Waals surface area contributed by atoms with Crippen molar-refractivity contribution in [2.24, 2.45) is 7.05 Å². The number of nitrogens with one attached hydrogen (secondary N) is 1. The number of aromatic nitrogens is 4. The van der Waals surface area contributed by atoms with Crippen molar-refractivity contribution in [3.05, 3.63) is 45.6 Å². The number of nitrogens with zero attached hydrogens (tertiary/aromatic N) is 5. The molecule has 0 atom stereocenters. The van der Waals surface area contributed by atoms with E-state index < -0.39 is 5.91 Å². The van der Waals surface area contributed by atoms with Crippen LogP contribution in [0.4, 0.5) is 0 Å². The maximum absolute atomic E-state index is 12.6. The van der Waals surface area contributed by atoms with Gasteiger partial charge >= 0.3 is 0 Å². The Labute approximate surface area is 144 Å². The molecular weight excluding hydrogens is 324 g/mol. The molecule has 0 unspecified atom stereocenters. The van der Waals surface area contributed by atoms with Crippen LogP contribution in [0.1, 0.15) is 40.4 Å². The van der Waals surface area contributed by atoms with Crippen molar-refractivity contribution in [1.82, 2.24) is 29.8 Å². The second kappa shape index (κ2) is 6.50. The molecule has 0 aromatic carbocycles. The minimum Gasteiger partial charge on any atom is -0.346 e. The predicted molar refractivity (Wildman–Crippen MR) is 89.0 cm³/mol. The minimum atomic E-state index is -0.507. The minimum absolute atomic E-state index is 0.0316. The van der Waals surface area contributed by atoms with Gasteiger partial charge in [0.15, 0.2) is 5.69 Å². The van der Waals surface area contributed by atoms with Crippen LogP contribution in [0.2, 0.25) is 0 Å². The van der Waals surface area contributed by atoms with Crippen molar-refractivity contribution < 1.29 is 9.59 Å². The Morgan fingerprint density at radius 1 is 1.32 bits per heavy atom. The molecule has 0 spiro atoms. The fraction of sp³-hybridized carbons (Fsp3) is 0.438. The van der Waals surface area contributed by atoms with Crippen LogP contribution in [0, 0.1) is 0 Å². The van der Waals surface area contributed by atoms with Crippen molar-refractivity contribution in [2.45, 2.75) is 33.0 Å². The van der Waals surface area contributed by atoms with Crippen LogP contribution in [0.15, 0.2) is 23.1 Å². The largest absolute Gasteiger partial charge is 0.346 e. The smallest absolute Gasteiger partial charge is 0.274 e. The third kappa shape index (κ3) is 3.04. The van der Waals surface area contributed by atoms with Crippen molar-refractivity contribution in [1.29, 1.82) is 0 Å². The Morgan fingerprint density at radius 3 is 2.80 bits per heavy atom. The van der Waals surface area contributed by atoms with Crippen molar-refractivity contribution in [3.8, 4) is 0 Å². The molecule has 2 aromatic heterocycles. The second-order valence-corrected chi connectivity index (χ2v) is 6.22. The maximum Gasteiger partial charge on any atom is 0.274 e. The number of fused-ring (bicyclic) bond motifs is 1. The van der Waals surface area contributed by atoms with Gasteiger partial charge in [-0.25, -0.2) is 4.68 Å². The lowest BCUT2D eigenvalue weighted by molar-refractivity contribution is 0.0639. The molecule has 3 rings (SSSR count). The maximum atomic E-state index is 12.6.